The molecule has 0 spiro atoms. The smallest absolute Gasteiger partial charge is 0.258 e. The lowest BCUT2D eigenvalue weighted by atomic mass is 10.4. The summed E-state index contributed by atoms with van der Waals surface area (Å²) in [6, 6.07) is 0. The number of nitrogens with zero attached hydrogens (tertiary/aromatic N) is 6. The molecule has 0 aromatic carbocycles. The van der Waals surface area contributed by atoms with Crippen LogP contribution in [0.25, 0.3) is 5.78 Å². The van der Waals surface area contributed by atoms with E-state index in [1.165, 1.54) is 10.8 Å². The van der Waals surface area contributed by atoms with Gasteiger partial charge < -0.3 is 16.0 Å². The van der Waals surface area contributed by atoms with Crippen molar-refractivity contribution in [3.63, 3.8) is 0 Å². The zero-order valence-corrected chi connectivity index (χ0v) is 9.96. The van der Waals surface area contributed by atoms with Crippen LogP contribution >= 0.6 is 0 Å². The average Bonchev–Trinajstić information content (AvgIpc) is 2.71. The number of aromatic nitrogens is 5. The molecule has 2 rings (SSSR count). The van der Waals surface area contributed by atoms with Gasteiger partial charge in [0, 0.05) is 6.54 Å². The minimum Gasteiger partial charge on any atom is -0.368 e. The number of anilines is 2. The number of nitrogens with one attached hydrogen (secondary N) is 1. The van der Waals surface area contributed by atoms with Gasteiger partial charge in [0.15, 0.2) is 0 Å². The van der Waals surface area contributed by atoms with E-state index in [0.29, 0.717) is 11.7 Å². The van der Waals surface area contributed by atoms with E-state index in [0.717, 1.165) is 19.5 Å². The number of fused-ring (bicyclic) bond motifs is 1. The quantitative estimate of drug-likeness (QED) is 0.673. The first kappa shape index (κ1) is 11.5. The minimum absolute atomic E-state index is 0.195. The SMILES string of the molecule is CN(C)CCCNc1nc(N)nc2ncnn12. The summed E-state index contributed by atoms with van der Waals surface area (Å²) < 4.78 is 1.53. The Morgan fingerprint density at radius 1 is 1.41 bits per heavy atom. The van der Waals surface area contributed by atoms with E-state index in [2.05, 4.69) is 30.3 Å². The summed E-state index contributed by atoms with van der Waals surface area (Å²) in [7, 11) is 4.08. The van der Waals surface area contributed by atoms with Gasteiger partial charge in [-0.3, -0.25) is 0 Å². The standard InChI is InChI=1S/C9H16N8/c1-16(2)5-3-4-11-8-14-7(10)15-9-12-6-13-17(8)9/h6H,3-5H2,1-2H3,(H3,10,11,12,13,14,15). The Labute approximate surface area is 98.9 Å². The first-order valence-corrected chi connectivity index (χ1v) is 5.38. The van der Waals surface area contributed by atoms with Gasteiger partial charge >= 0.3 is 0 Å². The summed E-state index contributed by atoms with van der Waals surface area (Å²) in [5.41, 5.74) is 5.58. The van der Waals surface area contributed by atoms with E-state index in [9.17, 15) is 0 Å². The third-order valence-corrected chi connectivity index (χ3v) is 2.23. The highest BCUT2D eigenvalue weighted by Crippen LogP contribution is 2.06. The van der Waals surface area contributed by atoms with Crippen LogP contribution in [0.2, 0.25) is 0 Å². The van der Waals surface area contributed by atoms with E-state index >= 15 is 0 Å². The van der Waals surface area contributed by atoms with Crippen LogP contribution in [-0.2, 0) is 0 Å². The van der Waals surface area contributed by atoms with Gasteiger partial charge in [-0.05, 0) is 27.1 Å². The van der Waals surface area contributed by atoms with E-state index in [1.54, 1.807) is 0 Å². The minimum atomic E-state index is 0.195. The number of nitrogen functional groups attached to an aromatic ring is 1. The van der Waals surface area contributed by atoms with Gasteiger partial charge in [-0.15, -0.1) is 0 Å². The van der Waals surface area contributed by atoms with E-state index < -0.39 is 0 Å². The van der Waals surface area contributed by atoms with Crippen LogP contribution in [0.3, 0.4) is 0 Å². The summed E-state index contributed by atoms with van der Waals surface area (Å²) in [4.78, 5) is 14.1. The molecule has 0 unspecified atom stereocenters. The second kappa shape index (κ2) is 4.91. The lowest BCUT2D eigenvalue weighted by molar-refractivity contribution is 0.405. The van der Waals surface area contributed by atoms with Gasteiger partial charge in [0.25, 0.3) is 5.78 Å². The highest BCUT2D eigenvalue weighted by molar-refractivity contribution is 5.42. The Morgan fingerprint density at radius 3 is 3.00 bits per heavy atom. The fourth-order valence-electron chi connectivity index (χ4n) is 1.45. The first-order chi connectivity index (χ1) is 8.16. The fourth-order valence-corrected chi connectivity index (χ4v) is 1.45. The predicted molar refractivity (Wildman–Crippen MR) is 64.7 cm³/mol. The molecule has 0 aliphatic rings. The van der Waals surface area contributed by atoms with Crippen molar-refractivity contribution in [2.24, 2.45) is 0 Å². The maximum atomic E-state index is 5.58. The van der Waals surface area contributed by atoms with Crippen LogP contribution in [0, 0.1) is 0 Å². The summed E-state index contributed by atoms with van der Waals surface area (Å²) in [5, 5.41) is 7.20. The molecule has 17 heavy (non-hydrogen) atoms. The number of hydrogen-bond donors (Lipinski definition) is 2. The number of hydrogen-bond acceptors (Lipinski definition) is 7. The van der Waals surface area contributed by atoms with Crippen LogP contribution in [0.4, 0.5) is 11.9 Å². The normalized spacial score (nSPS) is 11.2. The molecule has 2 aromatic heterocycles. The molecule has 0 bridgehead atoms. The Balaban J connectivity index is 2.04. The van der Waals surface area contributed by atoms with Crippen molar-refractivity contribution in [3.8, 4) is 0 Å². The second-order valence-corrected chi connectivity index (χ2v) is 3.96. The van der Waals surface area contributed by atoms with E-state index in [1.807, 2.05) is 14.1 Å². The Bertz CT molecular complexity index is 491. The lowest BCUT2D eigenvalue weighted by Crippen LogP contribution is -2.18. The van der Waals surface area contributed by atoms with Gasteiger partial charge in [0.1, 0.15) is 6.33 Å². The molecule has 8 heteroatoms. The van der Waals surface area contributed by atoms with Gasteiger partial charge in [-0.25, -0.2) is 0 Å². The van der Waals surface area contributed by atoms with Crippen molar-refractivity contribution in [1.82, 2.24) is 29.5 Å². The molecular formula is C9H16N8. The van der Waals surface area contributed by atoms with Crippen LogP contribution in [0.15, 0.2) is 6.33 Å². The van der Waals surface area contributed by atoms with Crippen molar-refractivity contribution >= 4 is 17.7 Å². The molecular weight excluding hydrogens is 220 g/mol. The maximum Gasteiger partial charge on any atom is 0.258 e. The van der Waals surface area contributed by atoms with Crippen molar-refractivity contribution in [2.45, 2.75) is 6.42 Å². The van der Waals surface area contributed by atoms with E-state index in [4.69, 9.17) is 5.73 Å². The van der Waals surface area contributed by atoms with Gasteiger partial charge in [-0.1, -0.05) is 0 Å². The third-order valence-electron chi connectivity index (χ3n) is 2.23. The predicted octanol–water partition coefficient (Wildman–Crippen LogP) is -0.535. The number of rotatable bonds is 5. The number of nitrogens with two attached hydrogens (primary N) is 1. The average molecular weight is 236 g/mol. The van der Waals surface area contributed by atoms with Gasteiger partial charge in [0.2, 0.25) is 11.9 Å². The Hall–Kier alpha value is -1.96. The molecule has 3 N–H and O–H groups in total. The molecule has 2 aromatic rings. The molecule has 0 fully saturated rings. The summed E-state index contributed by atoms with van der Waals surface area (Å²) in [6.07, 6.45) is 2.43. The maximum absolute atomic E-state index is 5.58. The zero-order chi connectivity index (χ0) is 12.3. The van der Waals surface area contributed by atoms with Crippen LogP contribution in [-0.4, -0.2) is 56.7 Å². The largest absolute Gasteiger partial charge is 0.368 e. The molecule has 92 valence electrons. The molecule has 0 saturated carbocycles. The topological polar surface area (TPSA) is 97.3 Å². The van der Waals surface area contributed by atoms with Crippen molar-refractivity contribution in [1.29, 1.82) is 0 Å². The van der Waals surface area contributed by atoms with Crippen LogP contribution in [0.5, 0.6) is 0 Å². The molecule has 0 aliphatic heterocycles. The van der Waals surface area contributed by atoms with Crippen LogP contribution in [0.1, 0.15) is 6.42 Å². The molecule has 0 atom stereocenters. The highest BCUT2D eigenvalue weighted by atomic mass is 15.4. The van der Waals surface area contributed by atoms with Crippen LogP contribution < -0.4 is 11.1 Å². The summed E-state index contributed by atoms with van der Waals surface area (Å²) in [6.45, 7) is 1.80. The molecule has 8 nitrogen and oxygen atoms in total. The molecule has 0 amide bonds. The fraction of sp³-hybridized carbons (Fsp3) is 0.556. The molecule has 0 aliphatic carbocycles. The van der Waals surface area contributed by atoms with E-state index in [-0.39, 0.29) is 5.95 Å². The van der Waals surface area contributed by atoms with Crippen molar-refractivity contribution < 1.29 is 0 Å². The third kappa shape index (κ3) is 2.78. The lowest BCUT2D eigenvalue weighted by Gasteiger charge is -2.10. The molecule has 0 radical (unpaired) electrons. The Morgan fingerprint density at radius 2 is 2.24 bits per heavy atom. The summed E-state index contributed by atoms with van der Waals surface area (Å²) in [5.74, 6) is 1.22. The Kier molecular flexibility index (Phi) is 3.33. The van der Waals surface area contributed by atoms with Crippen molar-refractivity contribution in [3.05, 3.63) is 6.33 Å². The van der Waals surface area contributed by atoms with Crippen molar-refractivity contribution in [2.75, 3.05) is 38.2 Å². The summed E-state index contributed by atoms with van der Waals surface area (Å²) >= 11 is 0. The van der Waals surface area contributed by atoms with Gasteiger partial charge in [0.05, 0.1) is 0 Å². The molecule has 0 saturated heterocycles. The zero-order valence-electron chi connectivity index (χ0n) is 9.96. The monoisotopic (exact) mass is 236 g/mol. The highest BCUT2D eigenvalue weighted by Gasteiger charge is 2.06. The molecule has 2 heterocycles. The second-order valence-electron chi connectivity index (χ2n) is 3.96. The van der Waals surface area contributed by atoms with Gasteiger partial charge in [-0.2, -0.15) is 24.6 Å². The first-order valence-electron chi connectivity index (χ1n) is 5.38.